The Morgan fingerprint density at radius 3 is 2.79 bits per heavy atom. The van der Waals surface area contributed by atoms with Crippen LogP contribution in [0.15, 0.2) is 36.7 Å². The van der Waals surface area contributed by atoms with E-state index in [0.717, 1.165) is 29.6 Å². The third-order valence-electron chi connectivity index (χ3n) is 6.40. The smallest absolute Gasteiger partial charge is 0.255 e. The van der Waals surface area contributed by atoms with Gasteiger partial charge >= 0.3 is 0 Å². The molecule has 3 aliphatic rings. The molecular formula is C23H24N4O. The molecule has 0 radical (unpaired) electrons. The third-order valence-corrected chi connectivity index (χ3v) is 6.40. The summed E-state index contributed by atoms with van der Waals surface area (Å²) in [6, 6.07) is 6.23. The van der Waals surface area contributed by atoms with Crippen LogP contribution in [-0.4, -0.2) is 38.8 Å². The molecule has 2 N–H and O–H groups in total. The molecule has 142 valence electrons. The molecule has 6 rings (SSSR count). The minimum absolute atomic E-state index is 0.195. The fourth-order valence-electron chi connectivity index (χ4n) is 4.47. The summed E-state index contributed by atoms with van der Waals surface area (Å²) < 4.78 is 0. The van der Waals surface area contributed by atoms with Gasteiger partial charge in [0, 0.05) is 47.8 Å². The zero-order valence-electron chi connectivity index (χ0n) is 15.9. The first-order chi connectivity index (χ1) is 13.8. The molecule has 1 aliphatic heterocycles. The van der Waals surface area contributed by atoms with E-state index in [9.17, 15) is 4.79 Å². The van der Waals surface area contributed by atoms with Crippen LogP contribution in [0.4, 0.5) is 0 Å². The van der Waals surface area contributed by atoms with Crippen molar-refractivity contribution in [3.05, 3.63) is 59.2 Å². The number of pyridine rings is 1. The quantitative estimate of drug-likeness (QED) is 0.704. The van der Waals surface area contributed by atoms with Crippen molar-refractivity contribution in [1.29, 1.82) is 0 Å². The fraction of sp³-hybridized carbons (Fsp3) is 0.391. The normalized spacial score (nSPS) is 19.9. The number of hydrogen-bond donors (Lipinski definition) is 2. The van der Waals surface area contributed by atoms with Gasteiger partial charge in [0.05, 0.1) is 5.56 Å². The molecule has 3 aromatic rings. The Kier molecular flexibility index (Phi) is 3.52. The van der Waals surface area contributed by atoms with Gasteiger partial charge < -0.3 is 14.9 Å². The van der Waals surface area contributed by atoms with Crippen molar-refractivity contribution >= 4 is 22.5 Å². The maximum absolute atomic E-state index is 13.3. The molecule has 3 aromatic heterocycles. The van der Waals surface area contributed by atoms with Gasteiger partial charge in [-0.15, -0.1) is 0 Å². The predicted molar refractivity (Wildman–Crippen MR) is 109 cm³/mol. The Bertz CT molecular complexity index is 1100. The van der Waals surface area contributed by atoms with Crippen LogP contribution in [-0.2, 0) is 0 Å². The minimum atomic E-state index is 0.195. The number of fused-ring (bicyclic) bond motifs is 1. The van der Waals surface area contributed by atoms with Gasteiger partial charge in [0.15, 0.2) is 0 Å². The lowest BCUT2D eigenvalue weighted by Crippen LogP contribution is -2.35. The van der Waals surface area contributed by atoms with Gasteiger partial charge in [0.2, 0.25) is 0 Å². The van der Waals surface area contributed by atoms with Gasteiger partial charge in [-0.05, 0) is 67.7 Å². The third kappa shape index (κ3) is 2.68. The van der Waals surface area contributed by atoms with Crippen molar-refractivity contribution in [1.82, 2.24) is 19.9 Å². The summed E-state index contributed by atoms with van der Waals surface area (Å²) in [6.45, 7) is 1.45. The number of carbonyl (C=O) groups excluding carboxylic acids is 1. The number of rotatable bonds is 4. The molecule has 0 saturated heterocycles. The minimum Gasteiger partial charge on any atom is -0.361 e. The summed E-state index contributed by atoms with van der Waals surface area (Å²) in [6.07, 6.45) is 11.9. The summed E-state index contributed by atoms with van der Waals surface area (Å²) in [4.78, 5) is 26.5. The highest BCUT2D eigenvalue weighted by Crippen LogP contribution is 2.46. The molecule has 4 heterocycles. The number of nitrogens with zero attached hydrogens (tertiary/aromatic N) is 2. The van der Waals surface area contributed by atoms with E-state index in [4.69, 9.17) is 0 Å². The zero-order chi connectivity index (χ0) is 18.7. The first kappa shape index (κ1) is 16.2. The summed E-state index contributed by atoms with van der Waals surface area (Å²) in [5.41, 5.74) is 6.85. The zero-order valence-corrected chi connectivity index (χ0v) is 15.9. The fourth-order valence-corrected chi connectivity index (χ4v) is 4.47. The Morgan fingerprint density at radius 1 is 1.18 bits per heavy atom. The van der Waals surface area contributed by atoms with Gasteiger partial charge in [-0.3, -0.25) is 4.79 Å². The van der Waals surface area contributed by atoms with Crippen LogP contribution in [0, 0.1) is 0 Å². The monoisotopic (exact) mass is 372 g/mol. The topological polar surface area (TPSA) is 64.8 Å². The SMILES string of the molecule is O=C(c1cc(C2CC2)[nH]c1C1CC1)N1CC=C(c2c[nH]c3ncccc23)CC1. The van der Waals surface area contributed by atoms with E-state index in [-0.39, 0.29) is 5.91 Å². The second-order valence-electron chi connectivity index (χ2n) is 8.43. The van der Waals surface area contributed by atoms with Crippen molar-refractivity contribution in [2.24, 2.45) is 0 Å². The highest BCUT2D eigenvalue weighted by atomic mass is 16.2. The van der Waals surface area contributed by atoms with E-state index in [1.54, 1.807) is 0 Å². The van der Waals surface area contributed by atoms with E-state index in [1.165, 1.54) is 48.2 Å². The average Bonchev–Trinajstić information content (AvgIpc) is 3.68. The van der Waals surface area contributed by atoms with Crippen molar-refractivity contribution < 1.29 is 4.79 Å². The van der Waals surface area contributed by atoms with E-state index >= 15 is 0 Å². The molecule has 28 heavy (non-hydrogen) atoms. The van der Waals surface area contributed by atoms with E-state index < -0.39 is 0 Å². The molecule has 2 saturated carbocycles. The molecule has 0 unspecified atom stereocenters. The molecular weight excluding hydrogens is 348 g/mol. The van der Waals surface area contributed by atoms with Gasteiger partial charge in [-0.1, -0.05) is 6.08 Å². The lowest BCUT2D eigenvalue weighted by Gasteiger charge is -2.26. The highest BCUT2D eigenvalue weighted by molar-refractivity contribution is 5.97. The second-order valence-corrected chi connectivity index (χ2v) is 8.43. The largest absolute Gasteiger partial charge is 0.361 e. The molecule has 0 aromatic carbocycles. The maximum Gasteiger partial charge on any atom is 0.255 e. The van der Waals surface area contributed by atoms with Gasteiger partial charge in [-0.2, -0.15) is 0 Å². The molecule has 1 amide bonds. The number of H-pyrrole nitrogens is 2. The van der Waals surface area contributed by atoms with E-state index in [0.29, 0.717) is 18.4 Å². The van der Waals surface area contributed by atoms with Crippen LogP contribution >= 0.6 is 0 Å². The maximum atomic E-state index is 13.3. The Morgan fingerprint density at radius 2 is 2.04 bits per heavy atom. The molecule has 5 nitrogen and oxygen atoms in total. The van der Waals surface area contributed by atoms with Crippen LogP contribution in [0.1, 0.15) is 71.2 Å². The van der Waals surface area contributed by atoms with Gasteiger partial charge in [0.1, 0.15) is 5.65 Å². The molecule has 2 fully saturated rings. The molecule has 0 spiro atoms. The molecule has 0 bridgehead atoms. The van der Waals surface area contributed by atoms with Gasteiger partial charge in [-0.25, -0.2) is 4.98 Å². The van der Waals surface area contributed by atoms with Crippen molar-refractivity contribution in [2.75, 3.05) is 13.1 Å². The van der Waals surface area contributed by atoms with Crippen molar-refractivity contribution in [3.8, 4) is 0 Å². The number of hydrogen-bond acceptors (Lipinski definition) is 2. The number of amides is 1. The number of aromatic amines is 2. The lowest BCUT2D eigenvalue weighted by atomic mass is 9.99. The summed E-state index contributed by atoms with van der Waals surface area (Å²) >= 11 is 0. The summed E-state index contributed by atoms with van der Waals surface area (Å²) in [5.74, 6) is 1.42. The van der Waals surface area contributed by atoms with Crippen molar-refractivity contribution in [2.45, 2.75) is 43.9 Å². The van der Waals surface area contributed by atoms with Crippen LogP contribution in [0.3, 0.4) is 0 Å². The second kappa shape index (κ2) is 6.09. The van der Waals surface area contributed by atoms with E-state index in [1.807, 2.05) is 23.4 Å². The number of nitrogens with one attached hydrogen (secondary N) is 2. The standard InChI is InChI=1S/C23H24N4O/c28-23(18-12-20(15-3-4-15)26-21(18)16-5-6-16)27-10-7-14(8-11-27)19-13-25-22-17(19)2-1-9-24-22/h1-2,7,9,12-13,15-16,26H,3-6,8,10-11H2,(H,24,25). The van der Waals surface area contributed by atoms with Crippen LogP contribution < -0.4 is 0 Å². The van der Waals surface area contributed by atoms with Gasteiger partial charge in [0.25, 0.3) is 5.91 Å². The van der Waals surface area contributed by atoms with Crippen LogP contribution in [0.2, 0.25) is 0 Å². The van der Waals surface area contributed by atoms with Crippen LogP contribution in [0.5, 0.6) is 0 Å². The average molecular weight is 372 g/mol. The predicted octanol–water partition coefficient (Wildman–Crippen LogP) is 4.58. The molecule has 2 aliphatic carbocycles. The molecule has 5 heteroatoms. The Balaban J connectivity index is 1.25. The first-order valence-corrected chi connectivity index (χ1v) is 10.4. The Labute approximate surface area is 163 Å². The van der Waals surface area contributed by atoms with E-state index in [2.05, 4.69) is 33.2 Å². The number of aromatic nitrogens is 3. The summed E-state index contributed by atoms with van der Waals surface area (Å²) in [5, 5.41) is 1.16. The van der Waals surface area contributed by atoms with Crippen molar-refractivity contribution in [3.63, 3.8) is 0 Å². The highest BCUT2D eigenvalue weighted by Gasteiger charge is 2.35. The first-order valence-electron chi connectivity index (χ1n) is 10.4. The summed E-state index contributed by atoms with van der Waals surface area (Å²) in [7, 11) is 0. The molecule has 0 atom stereocenters. The number of carbonyl (C=O) groups is 1. The van der Waals surface area contributed by atoms with Crippen LogP contribution in [0.25, 0.3) is 16.6 Å². The Hall–Kier alpha value is -2.82. The lowest BCUT2D eigenvalue weighted by molar-refractivity contribution is 0.0772.